The average molecular weight is 489 g/mol. The molecule has 170 valence electrons. The van der Waals surface area contributed by atoms with Crippen LogP contribution in [0.4, 0.5) is 22.4 Å². The molecule has 1 aliphatic rings. The van der Waals surface area contributed by atoms with Gasteiger partial charge < -0.3 is 9.88 Å². The van der Waals surface area contributed by atoms with Crippen LogP contribution >= 0.6 is 23.5 Å². The van der Waals surface area contributed by atoms with Crippen LogP contribution in [0.1, 0.15) is 11.4 Å². The predicted molar refractivity (Wildman–Crippen MR) is 109 cm³/mol. The first-order chi connectivity index (χ1) is 15.1. The lowest BCUT2D eigenvalue weighted by Gasteiger charge is -2.13. The van der Waals surface area contributed by atoms with Crippen molar-refractivity contribution in [2.45, 2.75) is 11.3 Å². The normalized spacial score (nSPS) is 15.7. The highest BCUT2D eigenvalue weighted by molar-refractivity contribution is 8.18. The number of nitrogens with one attached hydrogen (secondary N) is 1. The molecule has 0 unspecified atom stereocenters. The van der Waals surface area contributed by atoms with Crippen molar-refractivity contribution < 1.29 is 31.9 Å². The second-order valence-electron chi connectivity index (χ2n) is 6.36. The first-order valence-corrected chi connectivity index (χ1v) is 10.7. The molecule has 1 fully saturated rings. The monoisotopic (exact) mass is 489 g/mol. The summed E-state index contributed by atoms with van der Waals surface area (Å²) in [5.74, 6) is -3.08. The molecular weight excluding hydrogens is 474 g/mol. The second-order valence-corrected chi connectivity index (χ2v) is 8.29. The number of halogens is 4. The van der Waals surface area contributed by atoms with Crippen LogP contribution in [0, 0.1) is 5.82 Å². The molecule has 1 aromatic heterocycles. The highest BCUT2D eigenvalue weighted by Gasteiger charge is 2.37. The minimum absolute atomic E-state index is 0.0585. The van der Waals surface area contributed by atoms with E-state index in [0.717, 1.165) is 28.3 Å². The molecule has 2 aromatic rings. The highest BCUT2D eigenvalue weighted by Crippen LogP contribution is 2.32. The Morgan fingerprint density at radius 1 is 1.25 bits per heavy atom. The third kappa shape index (κ3) is 5.48. The summed E-state index contributed by atoms with van der Waals surface area (Å²) in [6.45, 7) is -0.172. The van der Waals surface area contributed by atoms with Gasteiger partial charge in [0, 0.05) is 25.7 Å². The summed E-state index contributed by atoms with van der Waals surface area (Å²) in [4.78, 5) is 37.4. The number of alkyl halides is 3. The molecule has 1 aromatic carbocycles. The molecular formula is C18H15F4N5O3S2. The molecule has 3 rings (SSSR count). The average Bonchev–Trinajstić information content (AvgIpc) is 3.22. The number of carbonyl (C=O) groups excluding carboxylic acids is 3. The predicted octanol–water partition coefficient (Wildman–Crippen LogP) is 2.92. The van der Waals surface area contributed by atoms with Crippen LogP contribution in [0.15, 0.2) is 34.3 Å². The van der Waals surface area contributed by atoms with Crippen LogP contribution in [-0.4, -0.2) is 55.6 Å². The lowest BCUT2D eigenvalue weighted by Crippen LogP contribution is -2.37. The zero-order valence-electron chi connectivity index (χ0n) is 16.4. The largest absolute Gasteiger partial charge is 0.451 e. The minimum Gasteiger partial charge on any atom is -0.354 e. The van der Waals surface area contributed by atoms with E-state index in [1.54, 1.807) is 6.07 Å². The van der Waals surface area contributed by atoms with Crippen LogP contribution < -0.4 is 5.32 Å². The van der Waals surface area contributed by atoms with Crippen molar-refractivity contribution >= 4 is 46.7 Å². The van der Waals surface area contributed by atoms with Crippen molar-refractivity contribution in [3.05, 3.63) is 46.4 Å². The van der Waals surface area contributed by atoms with E-state index in [4.69, 9.17) is 0 Å². The molecule has 2 heterocycles. The Hall–Kier alpha value is -2.87. The summed E-state index contributed by atoms with van der Waals surface area (Å²) in [7, 11) is 1.14. The summed E-state index contributed by atoms with van der Waals surface area (Å²) >= 11 is 1.42. The molecule has 0 saturated carbocycles. The smallest absolute Gasteiger partial charge is 0.354 e. The van der Waals surface area contributed by atoms with Gasteiger partial charge in [-0.05, 0) is 23.9 Å². The number of carbonyl (C=O) groups is 3. The maximum atomic E-state index is 13.8. The third-order valence-corrected chi connectivity index (χ3v) is 6.07. The Balaban J connectivity index is 1.49. The van der Waals surface area contributed by atoms with Gasteiger partial charge in [0.1, 0.15) is 5.82 Å². The minimum atomic E-state index is -4.66. The Bertz CT molecular complexity index is 1090. The van der Waals surface area contributed by atoms with E-state index < -0.39 is 34.9 Å². The van der Waals surface area contributed by atoms with Gasteiger partial charge in [-0.2, -0.15) is 13.2 Å². The van der Waals surface area contributed by atoms with E-state index in [9.17, 15) is 31.9 Å². The molecule has 1 N–H and O–H groups in total. The maximum absolute atomic E-state index is 13.8. The zero-order valence-corrected chi connectivity index (χ0v) is 18.0. The fourth-order valence-electron chi connectivity index (χ4n) is 2.60. The number of benzene rings is 1. The van der Waals surface area contributed by atoms with Crippen molar-refractivity contribution in [3.8, 4) is 0 Å². The first-order valence-electron chi connectivity index (χ1n) is 8.94. The fourth-order valence-corrected chi connectivity index (χ4v) is 4.20. The van der Waals surface area contributed by atoms with E-state index in [1.165, 1.54) is 24.3 Å². The maximum Gasteiger partial charge on any atom is 0.451 e. The summed E-state index contributed by atoms with van der Waals surface area (Å²) in [5.41, 5.74) is 0.167. The molecule has 0 radical (unpaired) electrons. The van der Waals surface area contributed by atoms with Crippen molar-refractivity contribution in [1.82, 2.24) is 25.0 Å². The first kappa shape index (κ1) is 23.8. The van der Waals surface area contributed by atoms with Gasteiger partial charge in [-0.25, -0.2) is 4.39 Å². The van der Waals surface area contributed by atoms with Crippen molar-refractivity contribution in [3.63, 3.8) is 0 Å². The molecule has 3 amide bonds. The quantitative estimate of drug-likeness (QED) is 0.363. The number of aromatic nitrogens is 3. The molecule has 1 saturated heterocycles. The Morgan fingerprint density at radius 2 is 1.97 bits per heavy atom. The molecule has 0 spiro atoms. The molecule has 14 heteroatoms. The Kier molecular flexibility index (Phi) is 7.23. The summed E-state index contributed by atoms with van der Waals surface area (Å²) in [6.07, 6.45) is -3.37. The van der Waals surface area contributed by atoms with E-state index >= 15 is 0 Å². The van der Waals surface area contributed by atoms with Crippen LogP contribution in [0.5, 0.6) is 0 Å². The second kappa shape index (κ2) is 9.73. The summed E-state index contributed by atoms with van der Waals surface area (Å²) < 4.78 is 52.6. The van der Waals surface area contributed by atoms with Crippen LogP contribution in [0.3, 0.4) is 0 Å². The van der Waals surface area contributed by atoms with Crippen molar-refractivity contribution in [2.24, 2.45) is 7.05 Å². The van der Waals surface area contributed by atoms with E-state index in [2.05, 4.69) is 15.5 Å². The number of amides is 3. The number of hydrogen-bond donors (Lipinski definition) is 1. The number of hydrogen-bond acceptors (Lipinski definition) is 7. The lowest BCUT2D eigenvalue weighted by atomic mass is 10.2. The van der Waals surface area contributed by atoms with Crippen LogP contribution in [0.2, 0.25) is 0 Å². The van der Waals surface area contributed by atoms with Gasteiger partial charge in [0.15, 0.2) is 5.16 Å². The van der Waals surface area contributed by atoms with Gasteiger partial charge in [0.25, 0.3) is 11.1 Å². The third-order valence-electron chi connectivity index (χ3n) is 4.14. The summed E-state index contributed by atoms with van der Waals surface area (Å²) in [6, 6.07) is 5.79. The number of imide groups is 1. The van der Waals surface area contributed by atoms with Gasteiger partial charge in [-0.15, -0.1) is 10.2 Å². The standard InChI is InChI=1S/C18H15F4N5O3S2/c1-26-15(18(20,21)22)24-25-16(26)31-9-13(28)23-6-7-27-14(29)12(32-17(27)30)8-10-4-2-3-5-11(10)19/h2-5,8H,6-7,9H2,1H3,(H,23,28). The van der Waals surface area contributed by atoms with Gasteiger partial charge in [0.2, 0.25) is 11.7 Å². The van der Waals surface area contributed by atoms with Crippen molar-refractivity contribution in [1.29, 1.82) is 0 Å². The molecule has 0 aliphatic carbocycles. The topological polar surface area (TPSA) is 97.2 Å². The number of rotatable bonds is 7. The highest BCUT2D eigenvalue weighted by atomic mass is 32.2. The van der Waals surface area contributed by atoms with Crippen LogP contribution in [-0.2, 0) is 22.8 Å². The van der Waals surface area contributed by atoms with E-state index in [-0.39, 0.29) is 34.5 Å². The van der Waals surface area contributed by atoms with Gasteiger partial charge in [-0.3, -0.25) is 19.3 Å². The molecule has 0 bridgehead atoms. The number of thioether (sulfide) groups is 2. The van der Waals surface area contributed by atoms with Crippen LogP contribution in [0.25, 0.3) is 6.08 Å². The fraction of sp³-hybridized carbons (Fsp3) is 0.278. The molecule has 32 heavy (non-hydrogen) atoms. The summed E-state index contributed by atoms with van der Waals surface area (Å²) in [5, 5.41) is 8.30. The van der Waals surface area contributed by atoms with Gasteiger partial charge in [-0.1, -0.05) is 30.0 Å². The van der Waals surface area contributed by atoms with Gasteiger partial charge >= 0.3 is 6.18 Å². The van der Waals surface area contributed by atoms with E-state index in [1.807, 2.05) is 0 Å². The molecule has 0 atom stereocenters. The van der Waals surface area contributed by atoms with E-state index in [0.29, 0.717) is 11.8 Å². The molecule has 8 nitrogen and oxygen atoms in total. The lowest BCUT2D eigenvalue weighted by molar-refractivity contribution is -0.147. The van der Waals surface area contributed by atoms with Gasteiger partial charge in [0.05, 0.1) is 10.7 Å². The number of nitrogens with zero attached hydrogens (tertiary/aromatic N) is 4. The Morgan fingerprint density at radius 3 is 2.62 bits per heavy atom. The zero-order chi connectivity index (χ0) is 23.5. The Labute approximate surface area is 187 Å². The SMILES string of the molecule is Cn1c(SCC(=O)NCCN2C(=O)SC(=Cc3ccccc3F)C2=O)nnc1C(F)(F)F. The van der Waals surface area contributed by atoms with Crippen molar-refractivity contribution in [2.75, 3.05) is 18.8 Å². The molecule has 1 aliphatic heterocycles.